The van der Waals surface area contributed by atoms with Crippen LogP contribution in [0.25, 0.3) is 0 Å². The fourth-order valence-corrected chi connectivity index (χ4v) is 3.08. The molecule has 0 aliphatic rings. The molecular formula is C25H28O8. The lowest BCUT2D eigenvalue weighted by Gasteiger charge is -2.10. The van der Waals surface area contributed by atoms with E-state index in [1.54, 1.807) is 36.4 Å². The number of aryl methyl sites for hydroxylation is 2. The molecule has 8 heteroatoms. The predicted octanol–water partition coefficient (Wildman–Crippen LogP) is 4.13. The predicted molar refractivity (Wildman–Crippen MR) is 121 cm³/mol. The van der Waals surface area contributed by atoms with Crippen molar-refractivity contribution >= 4 is 17.7 Å². The molecule has 33 heavy (non-hydrogen) atoms. The Bertz CT molecular complexity index is 1040. The summed E-state index contributed by atoms with van der Waals surface area (Å²) in [6.07, 6.45) is 2.61. The Kier molecular flexibility index (Phi) is 9.47. The maximum Gasteiger partial charge on any atom is 0.308 e. The van der Waals surface area contributed by atoms with Gasteiger partial charge in [-0.15, -0.1) is 0 Å². The van der Waals surface area contributed by atoms with Gasteiger partial charge in [0.1, 0.15) is 0 Å². The summed E-state index contributed by atoms with van der Waals surface area (Å²) in [5.41, 5.74) is 1.69. The van der Waals surface area contributed by atoms with Crippen molar-refractivity contribution in [3.8, 4) is 23.0 Å². The van der Waals surface area contributed by atoms with Gasteiger partial charge in [0.15, 0.2) is 28.8 Å². The third kappa shape index (κ3) is 8.33. The van der Waals surface area contributed by atoms with E-state index in [9.17, 15) is 19.5 Å². The number of carbonyl (C=O) groups excluding carboxylic acids is 3. The van der Waals surface area contributed by atoms with Crippen molar-refractivity contribution in [1.82, 2.24) is 0 Å². The van der Waals surface area contributed by atoms with Gasteiger partial charge in [-0.2, -0.15) is 0 Å². The molecule has 2 aromatic carbocycles. The molecular weight excluding hydrogens is 428 g/mol. The molecule has 0 aliphatic heterocycles. The summed E-state index contributed by atoms with van der Waals surface area (Å²) in [4.78, 5) is 34.5. The number of benzene rings is 2. The quantitative estimate of drug-likeness (QED) is 0.233. The number of esters is 2. The minimum atomic E-state index is -0.448. The van der Waals surface area contributed by atoms with Crippen LogP contribution in [0.4, 0.5) is 0 Å². The number of ether oxygens (including phenoxy) is 4. The molecule has 0 saturated heterocycles. The fourth-order valence-electron chi connectivity index (χ4n) is 3.08. The molecule has 0 atom stereocenters. The average molecular weight is 456 g/mol. The van der Waals surface area contributed by atoms with Crippen LogP contribution in [-0.4, -0.2) is 37.0 Å². The van der Waals surface area contributed by atoms with Crippen LogP contribution in [0.5, 0.6) is 23.0 Å². The molecule has 0 unspecified atom stereocenters. The maximum atomic E-state index is 12.2. The zero-order valence-electron chi connectivity index (χ0n) is 19.2. The van der Waals surface area contributed by atoms with E-state index in [1.807, 2.05) is 0 Å². The van der Waals surface area contributed by atoms with Gasteiger partial charge in [0.25, 0.3) is 0 Å². The largest absolute Gasteiger partial charge is 0.512 e. The van der Waals surface area contributed by atoms with Gasteiger partial charge < -0.3 is 24.1 Å². The third-order valence-corrected chi connectivity index (χ3v) is 4.62. The van der Waals surface area contributed by atoms with Gasteiger partial charge in [0, 0.05) is 32.8 Å². The molecule has 0 spiro atoms. The average Bonchev–Trinajstić information content (AvgIpc) is 2.76. The Morgan fingerprint density at radius 3 is 1.64 bits per heavy atom. The normalized spacial score (nSPS) is 11.0. The van der Waals surface area contributed by atoms with E-state index < -0.39 is 11.9 Å². The van der Waals surface area contributed by atoms with Crippen molar-refractivity contribution in [3.63, 3.8) is 0 Å². The van der Waals surface area contributed by atoms with E-state index in [0.717, 1.165) is 11.1 Å². The molecule has 2 aromatic rings. The summed E-state index contributed by atoms with van der Waals surface area (Å²) in [7, 11) is 2.94. The molecule has 0 bridgehead atoms. The molecule has 2 rings (SSSR count). The van der Waals surface area contributed by atoms with E-state index in [-0.39, 0.29) is 24.4 Å². The monoisotopic (exact) mass is 456 g/mol. The molecule has 0 fully saturated rings. The minimum Gasteiger partial charge on any atom is -0.512 e. The number of methoxy groups -OCH3 is 2. The van der Waals surface area contributed by atoms with Gasteiger partial charge in [-0.1, -0.05) is 12.1 Å². The van der Waals surface area contributed by atoms with Crippen LogP contribution in [0.15, 0.2) is 48.2 Å². The van der Waals surface area contributed by atoms with Gasteiger partial charge in [-0.05, 0) is 48.2 Å². The molecule has 0 aliphatic carbocycles. The second-order valence-corrected chi connectivity index (χ2v) is 7.26. The Hall–Kier alpha value is -3.81. The van der Waals surface area contributed by atoms with E-state index in [4.69, 9.17) is 18.9 Å². The first-order chi connectivity index (χ1) is 15.7. The highest BCUT2D eigenvalue weighted by atomic mass is 16.6. The first-order valence-corrected chi connectivity index (χ1v) is 10.3. The van der Waals surface area contributed by atoms with Crippen LogP contribution < -0.4 is 18.9 Å². The lowest BCUT2D eigenvalue weighted by atomic mass is 10.0. The number of carbonyl (C=O) groups is 3. The number of hydrogen-bond donors (Lipinski definition) is 1. The standard InChI is InChI=1S/C25H28O8/c1-16(26)32-22-11-7-18(13-24(22)30-3)5-9-20(28)15-21(29)10-6-19-8-12-23(33-17(2)27)25(14-19)31-4/h7-8,11-15,28H,5-6,9-10H2,1-4H3/b20-15-. The summed E-state index contributed by atoms with van der Waals surface area (Å²) in [6, 6.07) is 10.2. The molecule has 8 nitrogen and oxygen atoms in total. The fraction of sp³-hybridized carbons (Fsp3) is 0.320. The number of aliphatic hydroxyl groups excluding tert-OH is 1. The zero-order chi connectivity index (χ0) is 24.4. The lowest BCUT2D eigenvalue weighted by molar-refractivity contribution is -0.132. The smallest absolute Gasteiger partial charge is 0.308 e. The molecule has 0 amide bonds. The van der Waals surface area contributed by atoms with Crippen LogP contribution in [0.1, 0.15) is 37.8 Å². The van der Waals surface area contributed by atoms with Crippen LogP contribution in [0.3, 0.4) is 0 Å². The first kappa shape index (κ1) is 25.5. The minimum absolute atomic E-state index is 0.0224. The second-order valence-electron chi connectivity index (χ2n) is 7.26. The van der Waals surface area contributed by atoms with Crippen molar-refractivity contribution < 1.29 is 38.4 Å². The molecule has 0 saturated carbocycles. The van der Waals surface area contributed by atoms with Crippen LogP contribution in [0, 0.1) is 0 Å². The van der Waals surface area contributed by atoms with E-state index in [0.29, 0.717) is 35.8 Å². The Morgan fingerprint density at radius 2 is 1.21 bits per heavy atom. The van der Waals surface area contributed by atoms with Crippen molar-refractivity contribution in [1.29, 1.82) is 0 Å². The highest BCUT2D eigenvalue weighted by Crippen LogP contribution is 2.30. The first-order valence-electron chi connectivity index (χ1n) is 10.3. The summed E-state index contributed by atoms with van der Waals surface area (Å²) in [5, 5.41) is 10.2. The number of aliphatic hydroxyl groups is 1. The van der Waals surface area contributed by atoms with Crippen molar-refractivity contribution in [2.75, 3.05) is 14.2 Å². The SMILES string of the molecule is COc1cc(CCC(=O)/C=C(\O)CCc2ccc(OC(C)=O)c(OC)c2)ccc1OC(C)=O. The van der Waals surface area contributed by atoms with Crippen LogP contribution in [0.2, 0.25) is 0 Å². The topological polar surface area (TPSA) is 108 Å². The highest BCUT2D eigenvalue weighted by Gasteiger charge is 2.11. The van der Waals surface area contributed by atoms with E-state index in [1.165, 1.54) is 34.1 Å². The molecule has 176 valence electrons. The highest BCUT2D eigenvalue weighted by molar-refractivity contribution is 5.90. The van der Waals surface area contributed by atoms with Gasteiger partial charge in [-0.25, -0.2) is 0 Å². The van der Waals surface area contributed by atoms with Gasteiger partial charge in [0.2, 0.25) is 0 Å². The third-order valence-electron chi connectivity index (χ3n) is 4.62. The maximum absolute atomic E-state index is 12.2. The zero-order valence-corrected chi connectivity index (χ0v) is 19.2. The van der Waals surface area contributed by atoms with E-state index >= 15 is 0 Å². The number of rotatable bonds is 11. The Balaban J connectivity index is 1.91. The van der Waals surface area contributed by atoms with Gasteiger partial charge >= 0.3 is 11.9 Å². The van der Waals surface area contributed by atoms with Crippen molar-refractivity contribution in [2.24, 2.45) is 0 Å². The number of hydrogen-bond acceptors (Lipinski definition) is 8. The Labute approximate surface area is 192 Å². The summed E-state index contributed by atoms with van der Waals surface area (Å²) in [5.74, 6) is 0.330. The summed E-state index contributed by atoms with van der Waals surface area (Å²) >= 11 is 0. The van der Waals surface area contributed by atoms with Crippen molar-refractivity contribution in [2.45, 2.75) is 39.5 Å². The number of allylic oxidation sites excluding steroid dienone is 2. The number of ketones is 1. The van der Waals surface area contributed by atoms with Gasteiger partial charge in [-0.3, -0.25) is 14.4 Å². The van der Waals surface area contributed by atoms with Gasteiger partial charge in [0.05, 0.1) is 20.0 Å². The Morgan fingerprint density at radius 1 is 0.758 bits per heavy atom. The van der Waals surface area contributed by atoms with Crippen molar-refractivity contribution in [3.05, 3.63) is 59.4 Å². The van der Waals surface area contributed by atoms with Crippen LogP contribution in [-0.2, 0) is 27.2 Å². The molecule has 0 radical (unpaired) electrons. The molecule has 0 heterocycles. The molecule has 0 aromatic heterocycles. The van der Waals surface area contributed by atoms with E-state index in [2.05, 4.69) is 0 Å². The summed E-state index contributed by atoms with van der Waals surface area (Å²) in [6.45, 7) is 2.61. The lowest BCUT2D eigenvalue weighted by Crippen LogP contribution is -2.04. The molecule has 1 N–H and O–H groups in total. The van der Waals surface area contributed by atoms with Crippen LogP contribution >= 0.6 is 0 Å². The summed E-state index contributed by atoms with van der Waals surface area (Å²) < 4.78 is 20.6. The second kappa shape index (κ2) is 12.3.